The number of halogens is 1. The zero-order chi connectivity index (χ0) is 15.1. The predicted octanol–water partition coefficient (Wildman–Crippen LogP) is 2.59. The molecule has 1 heterocycles. The average molecular weight is 325 g/mol. The Morgan fingerprint density at radius 2 is 2.23 bits per heavy atom. The minimum atomic E-state index is 0. The highest BCUT2D eigenvalue weighted by molar-refractivity contribution is 5.92. The van der Waals surface area contributed by atoms with E-state index in [1.165, 1.54) is 6.42 Å². The number of ether oxygens (including phenoxy) is 1. The van der Waals surface area contributed by atoms with E-state index in [0.717, 1.165) is 37.4 Å². The standard InChI is InChI=1S/C17H24N2O2.ClH/c1-18-12-14-6-5-11-19(13-14)17(20)10-9-15-7-3-4-8-16(15)21-2;/h3-4,7-10,14,18H,5-6,11-13H2,1-2H3;1H/b10-9+;. The molecule has 1 aromatic rings. The fourth-order valence-corrected chi connectivity index (χ4v) is 2.79. The van der Waals surface area contributed by atoms with Crippen LogP contribution in [0.15, 0.2) is 30.3 Å². The van der Waals surface area contributed by atoms with Gasteiger partial charge in [0.15, 0.2) is 0 Å². The van der Waals surface area contributed by atoms with Gasteiger partial charge < -0.3 is 15.0 Å². The quantitative estimate of drug-likeness (QED) is 0.846. The van der Waals surface area contributed by atoms with Crippen LogP contribution in [-0.2, 0) is 4.79 Å². The molecule has 1 unspecified atom stereocenters. The molecule has 0 saturated carbocycles. The number of benzene rings is 1. The van der Waals surface area contributed by atoms with Crippen LogP contribution < -0.4 is 10.1 Å². The maximum absolute atomic E-state index is 12.3. The van der Waals surface area contributed by atoms with Gasteiger partial charge >= 0.3 is 0 Å². The second-order valence-corrected chi connectivity index (χ2v) is 5.43. The summed E-state index contributed by atoms with van der Waals surface area (Å²) in [4.78, 5) is 14.2. The third-order valence-electron chi connectivity index (χ3n) is 3.87. The van der Waals surface area contributed by atoms with Crippen LogP contribution in [0.2, 0.25) is 0 Å². The molecule has 1 aliphatic rings. The van der Waals surface area contributed by atoms with E-state index in [-0.39, 0.29) is 18.3 Å². The number of rotatable bonds is 5. The summed E-state index contributed by atoms with van der Waals surface area (Å²) in [6.45, 7) is 2.67. The van der Waals surface area contributed by atoms with E-state index in [1.807, 2.05) is 42.3 Å². The van der Waals surface area contributed by atoms with Crippen molar-refractivity contribution in [1.29, 1.82) is 0 Å². The van der Waals surface area contributed by atoms with Gasteiger partial charge in [0.1, 0.15) is 5.75 Å². The fourth-order valence-electron chi connectivity index (χ4n) is 2.79. The Bertz CT molecular complexity index is 503. The Kier molecular flexibility index (Phi) is 7.99. The number of nitrogens with zero attached hydrogens (tertiary/aromatic N) is 1. The number of para-hydroxylation sites is 1. The Balaban J connectivity index is 0.00000242. The summed E-state index contributed by atoms with van der Waals surface area (Å²) in [5, 5.41) is 3.20. The van der Waals surface area contributed by atoms with E-state index in [4.69, 9.17) is 4.74 Å². The largest absolute Gasteiger partial charge is 0.496 e. The van der Waals surface area contributed by atoms with Crippen molar-refractivity contribution in [3.05, 3.63) is 35.9 Å². The molecule has 5 heteroatoms. The number of carbonyl (C=O) groups is 1. The number of hydrogen-bond acceptors (Lipinski definition) is 3. The van der Waals surface area contributed by atoms with E-state index in [1.54, 1.807) is 13.2 Å². The first-order valence-electron chi connectivity index (χ1n) is 7.49. The molecule has 1 atom stereocenters. The smallest absolute Gasteiger partial charge is 0.246 e. The van der Waals surface area contributed by atoms with Gasteiger partial charge in [0.05, 0.1) is 7.11 Å². The first-order valence-corrected chi connectivity index (χ1v) is 7.49. The first kappa shape index (κ1) is 18.5. The van der Waals surface area contributed by atoms with Crippen molar-refractivity contribution >= 4 is 24.4 Å². The maximum Gasteiger partial charge on any atom is 0.246 e. The number of amides is 1. The highest BCUT2D eigenvalue weighted by atomic mass is 35.5. The van der Waals surface area contributed by atoms with Crippen molar-refractivity contribution in [3.63, 3.8) is 0 Å². The molecule has 4 nitrogen and oxygen atoms in total. The van der Waals surface area contributed by atoms with E-state index >= 15 is 0 Å². The highest BCUT2D eigenvalue weighted by Crippen LogP contribution is 2.20. The van der Waals surface area contributed by atoms with Gasteiger partial charge in [-0.25, -0.2) is 0 Å². The van der Waals surface area contributed by atoms with Crippen molar-refractivity contribution in [2.75, 3.05) is 33.8 Å². The second-order valence-electron chi connectivity index (χ2n) is 5.43. The summed E-state index contributed by atoms with van der Waals surface area (Å²) in [6.07, 6.45) is 5.77. The van der Waals surface area contributed by atoms with Crippen LogP contribution in [0, 0.1) is 5.92 Å². The summed E-state index contributed by atoms with van der Waals surface area (Å²) in [5.41, 5.74) is 0.928. The van der Waals surface area contributed by atoms with Crippen LogP contribution in [0.25, 0.3) is 6.08 Å². The van der Waals surface area contributed by atoms with Crippen LogP contribution in [-0.4, -0.2) is 44.6 Å². The molecule has 1 amide bonds. The zero-order valence-electron chi connectivity index (χ0n) is 13.2. The van der Waals surface area contributed by atoms with Gasteiger partial charge in [-0.3, -0.25) is 4.79 Å². The summed E-state index contributed by atoms with van der Waals surface area (Å²) in [7, 11) is 3.60. The maximum atomic E-state index is 12.3. The van der Waals surface area contributed by atoms with E-state index in [0.29, 0.717) is 5.92 Å². The number of hydrogen-bond donors (Lipinski definition) is 1. The lowest BCUT2D eigenvalue weighted by atomic mass is 9.98. The summed E-state index contributed by atoms with van der Waals surface area (Å²) in [6, 6.07) is 7.71. The lowest BCUT2D eigenvalue weighted by molar-refractivity contribution is -0.127. The molecule has 0 spiro atoms. The molecule has 122 valence electrons. The third-order valence-corrected chi connectivity index (χ3v) is 3.87. The highest BCUT2D eigenvalue weighted by Gasteiger charge is 2.21. The van der Waals surface area contributed by atoms with E-state index in [9.17, 15) is 4.79 Å². The SMILES string of the molecule is CNCC1CCCN(C(=O)/C=C/c2ccccc2OC)C1.Cl. The minimum Gasteiger partial charge on any atom is -0.496 e. The molecule has 1 fully saturated rings. The Hall–Kier alpha value is -1.52. The number of methoxy groups -OCH3 is 1. The molecule has 0 aliphatic carbocycles. The molecule has 1 saturated heterocycles. The molecule has 0 bridgehead atoms. The van der Waals surface area contributed by atoms with Crippen molar-refractivity contribution in [3.8, 4) is 5.75 Å². The fraction of sp³-hybridized carbons (Fsp3) is 0.471. The van der Waals surface area contributed by atoms with Crippen molar-refractivity contribution in [2.45, 2.75) is 12.8 Å². The van der Waals surface area contributed by atoms with Crippen LogP contribution in [0.5, 0.6) is 5.75 Å². The van der Waals surface area contributed by atoms with Gasteiger partial charge in [0.2, 0.25) is 5.91 Å². The van der Waals surface area contributed by atoms with Crippen molar-refractivity contribution in [1.82, 2.24) is 10.2 Å². The lowest BCUT2D eigenvalue weighted by Gasteiger charge is -2.32. The Labute approximate surface area is 138 Å². The molecule has 0 radical (unpaired) electrons. The topological polar surface area (TPSA) is 41.6 Å². The van der Waals surface area contributed by atoms with Crippen LogP contribution in [0.3, 0.4) is 0 Å². The lowest BCUT2D eigenvalue weighted by Crippen LogP contribution is -2.41. The van der Waals surface area contributed by atoms with Crippen LogP contribution >= 0.6 is 12.4 Å². The number of carbonyl (C=O) groups excluding carboxylic acids is 1. The molecule has 0 aromatic heterocycles. The molecule has 22 heavy (non-hydrogen) atoms. The van der Waals surface area contributed by atoms with Crippen LogP contribution in [0.4, 0.5) is 0 Å². The molecule has 1 aliphatic heterocycles. The molecule has 1 N–H and O–H groups in total. The average Bonchev–Trinajstić information content (AvgIpc) is 2.53. The molecular formula is C17H25ClN2O2. The second kappa shape index (κ2) is 9.49. The number of nitrogens with one attached hydrogen (secondary N) is 1. The number of piperidine rings is 1. The predicted molar refractivity (Wildman–Crippen MR) is 92.5 cm³/mol. The summed E-state index contributed by atoms with van der Waals surface area (Å²) >= 11 is 0. The normalized spacial score (nSPS) is 18.1. The summed E-state index contributed by atoms with van der Waals surface area (Å²) < 4.78 is 5.29. The first-order chi connectivity index (χ1) is 10.2. The minimum absolute atomic E-state index is 0. The molecular weight excluding hydrogens is 300 g/mol. The zero-order valence-corrected chi connectivity index (χ0v) is 14.1. The van der Waals surface area contributed by atoms with Crippen molar-refractivity contribution in [2.24, 2.45) is 5.92 Å². The third kappa shape index (κ3) is 5.04. The van der Waals surface area contributed by atoms with Gasteiger partial charge in [-0.2, -0.15) is 0 Å². The van der Waals surface area contributed by atoms with Gasteiger partial charge in [-0.15, -0.1) is 12.4 Å². The van der Waals surface area contributed by atoms with E-state index in [2.05, 4.69) is 5.32 Å². The summed E-state index contributed by atoms with van der Waals surface area (Å²) in [5.74, 6) is 1.43. The van der Waals surface area contributed by atoms with Crippen molar-refractivity contribution < 1.29 is 9.53 Å². The molecule has 1 aromatic carbocycles. The van der Waals surface area contributed by atoms with Gasteiger partial charge in [-0.1, -0.05) is 18.2 Å². The van der Waals surface area contributed by atoms with Gasteiger partial charge in [0, 0.05) is 24.7 Å². The van der Waals surface area contributed by atoms with Gasteiger partial charge in [0.25, 0.3) is 0 Å². The monoisotopic (exact) mass is 324 g/mol. The Morgan fingerprint density at radius 3 is 2.95 bits per heavy atom. The molecule has 2 rings (SSSR count). The van der Waals surface area contributed by atoms with Crippen LogP contribution in [0.1, 0.15) is 18.4 Å². The van der Waals surface area contributed by atoms with E-state index < -0.39 is 0 Å². The number of likely N-dealkylation sites (tertiary alicyclic amines) is 1. The van der Waals surface area contributed by atoms with Gasteiger partial charge in [-0.05, 0) is 44.5 Å². The Morgan fingerprint density at radius 1 is 1.45 bits per heavy atom.